The summed E-state index contributed by atoms with van der Waals surface area (Å²) < 4.78 is 22.8. The second kappa shape index (κ2) is 8.38. The van der Waals surface area contributed by atoms with Crippen LogP contribution in [0.5, 0.6) is 5.88 Å². The summed E-state index contributed by atoms with van der Waals surface area (Å²) in [7, 11) is -1.34. The molecule has 2 rings (SSSR count). The van der Waals surface area contributed by atoms with Gasteiger partial charge in [-0.05, 0) is 39.5 Å². The van der Waals surface area contributed by atoms with Crippen LogP contribution in [0.2, 0.25) is 0 Å². The van der Waals surface area contributed by atoms with Crippen molar-refractivity contribution in [3.63, 3.8) is 0 Å². The Hall–Kier alpha value is -1.50. The molecule has 1 heterocycles. The molecule has 1 saturated carbocycles. The molecule has 0 aromatic carbocycles. The maximum atomic E-state index is 12.2. The number of carbonyl (C=O) groups excluding carboxylic acids is 1. The molecule has 0 N–H and O–H groups in total. The summed E-state index contributed by atoms with van der Waals surface area (Å²) in [5.74, 6) is -0.296. The van der Waals surface area contributed by atoms with E-state index in [1.54, 1.807) is 13.8 Å². The summed E-state index contributed by atoms with van der Waals surface area (Å²) in [6, 6.07) is 0. The van der Waals surface area contributed by atoms with Crippen molar-refractivity contribution in [1.82, 2.24) is 9.97 Å². The highest BCUT2D eigenvalue weighted by atomic mass is 32.2. The SMILES string of the molecule is CCOC(=O)c1c(C)nc(S(C)=O)nc1OC1CCCCCC1. The minimum atomic E-state index is -1.34. The highest BCUT2D eigenvalue weighted by Crippen LogP contribution is 2.26. The average Bonchev–Trinajstić information content (AvgIpc) is 2.75. The highest BCUT2D eigenvalue weighted by molar-refractivity contribution is 7.84. The number of esters is 1. The van der Waals surface area contributed by atoms with E-state index in [0.717, 1.165) is 25.7 Å². The fourth-order valence-electron chi connectivity index (χ4n) is 2.69. The van der Waals surface area contributed by atoms with Gasteiger partial charge in [-0.15, -0.1) is 0 Å². The van der Waals surface area contributed by atoms with Crippen LogP contribution in [0.3, 0.4) is 0 Å². The number of carbonyl (C=O) groups is 1. The van der Waals surface area contributed by atoms with Gasteiger partial charge in [0.2, 0.25) is 11.0 Å². The van der Waals surface area contributed by atoms with Gasteiger partial charge in [0.1, 0.15) is 11.7 Å². The lowest BCUT2D eigenvalue weighted by Crippen LogP contribution is -2.21. The molecule has 1 aromatic heterocycles. The van der Waals surface area contributed by atoms with Gasteiger partial charge in [-0.2, -0.15) is 4.98 Å². The number of aryl methyl sites for hydroxylation is 1. The number of ether oxygens (including phenoxy) is 2. The smallest absolute Gasteiger partial charge is 0.345 e. The van der Waals surface area contributed by atoms with Crippen LogP contribution in [0.4, 0.5) is 0 Å². The monoisotopic (exact) mass is 340 g/mol. The summed E-state index contributed by atoms with van der Waals surface area (Å²) in [6.07, 6.45) is 8.04. The van der Waals surface area contributed by atoms with Crippen molar-refractivity contribution in [3.05, 3.63) is 11.3 Å². The van der Waals surface area contributed by atoms with Crippen molar-refractivity contribution in [3.8, 4) is 5.88 Å². The maximum absolute atomic E-state index is 12.2. The molecule has 1 fully saturated rings. The van der Waals surface area contributed by atoms with Gasteiger partial charge >= 0.3 is 5.97 Å². The van der Waals surface area contributed by atoms with Gasteiger partial charge in [0, 0.05) is 6.26 Å². The van der Waals surface area contributed by atoms with Crippen molar-refractivity contribution in [2.75, 3.05) is 12.9 Å². The van der Waals surface area contributed by atoms with Crippen LogP contribution in [-0.2, 0) is 15.5 Å². The Balaban J connectivity index is 2.35. The van der Waals surface area contributed by atoms with Gasteiger partial charge in [-0.3, -0.25) is 4.21 Å². The van der Waals surface area contributed by atoms with Gasteiger partial charge in [-0.1, -0.05) is 12.8 Å². The summed E-state index contributed by atoms with van der Waals surface area (Å²) in [5, 5.41) is 0.180. The van der Waals surface area contributed by atoms with Crippen LogP contribution in [0.25, 0.3) is 0 Å². The molecule has 0 saturated heterocycles. The molecule has 0 amide bonds. The number of rotatable bonds is 5. The first-order valence-corrected chi connectivity index (χ1v) is 9.64. The predicted octanol–water partition coefficient (Wildman–Crippen LogP) is 2.80. The van der Waals surface area contributed by atoms with E-state index < -0.39 is 16.8 Å². The van der Waals surface area contributed by atoms with E-state index in [9.17, 15) is 9.00 Å². The van der Waals surface area contributed by atoms with Crippen LogP contribution in [0, 0.1) is 6.92 Å². The third kappa shape index (κ3) is 4.73. The number of hydrogen-bond acceptors (Lipinski definition) is 6. The molecular weight excluding hydrogens is 316 g/mol. The molecule has 0 radical (unpaired) electrons. The first kappa shape index (κ1) is 17.8. The lowest BCUT2D eigenvalue weighted by molar-refractivity contribution is 0.0513. The standard InChI is InChI=1S/C16H24N2O4S/c1-4-21-15(19)13-11(2)17-16(23(3)20)18-14(13)22-12-9-7-5-6-8-10-12/h12H,4-10H2,1-3H3. The molecule has 0 spiro atoms. The highest BCUT2D eigenvalue weighted by Gasteiger charge is 2.25. The topological polar surface area (TPSA) is 78.4 Å². The zero-order valence-corrected chi connectivity index (χ0v) is 14.8. The van der Waals surface area contributed by atoms with Crippen molar-refractivity contribution in [1.29, 1.82) is 0 Å². The first-order chi connectivity index (χ1) is 11.0. The zero-order chi connectivity index (χ0) is 16.8. The Labute approximate surface area is 139 Å². The molecule has 128 valence electrons. The summed E-state index contributed by atoms with van der Waals surface area (Å²) >= 11 is 0. The first-order valence-electron chi connectivity index (χ1n) is 8.08. The lowest BCUT2D eigenvalue weighted by atomic mass is 10.1. The largest absolute Gasteiger partial charge is 0.474 e. The van der Waals surface area contributed by atoms with E-state index in [2.05, 4.69) is 9.97 Å². The van der Waals surface area contributed by atoms with E-state index in [0.29, 0.717) is 5.69 Å². The summed E-state index contributed by atoms with van der Waals surface area (Å²) in [6.45, 7) is 3.70. The Morgan fingerprint density at radius 2 is 1.87 bits per heavy atom. The van der Waals surface area contributed by atoms with Crippen molar-refractivity contribution < 1.29 is 18.5 Å². The van der Waals surface area contributed by atoms with E-state index in [-0.39, 0.29) is 29.3 Å². The maximum Gasteiger partial charge on any atom is 0.345 e. The molecule has 0 bridgehead atoms. The molecule has 1 aromatic rings. The van der Waals surface area contributed by atoms with E-state index >= 15 is 0 Å². The molecule has 0 aliphatic heterocycles. The Morgan fingerprint density at radius 3 is 2.43 bits per heavy atom. The van der Waals surface area contributed by atoms with Gasteiger partial charge in [0.25, 0.3) is 0 Å². The van der Waals surface area contributed by atoms with Crippen LogP contribution in [-0.4, -0.2) is 39.1 Å². The van der Waals surface area contributed by atoms with E-state index in [1.807, 2.05) is 0 Å². The third-order valence-electron chi connectivity index (χ3n) is 3.85. The molecular formula is C16H24N2O4S. The average molecular weight is 340 g/mol. The Kier molecular flexibility index (Phi) is 6.50. The molecule has 7 heteroatoms. The molecule has 1 aliphatic rings. The minimum absolute atomic E-state index is 0.0260. The zero-order valence-electron chi connectivity index (χ0n) is 14.0. The number of hydrogen-bond donors (Lipinski definition) is 0. The third-order valence-corrected chi connectivity index (χ3v) is 4.55. The number of nitrogens with zero attached hydrogens (tertiary/aromatic N) is 2. The molecule has 6 nitrogen and oxygen atoms in total. The predicted molar refractivity (Wildman–Crippen MR) is 87.2 cm³/mol. The molecule has 23 heavy (non-hydrogen) atoms. The van der Waals surface area contributed by atoms with Crippen molar-refractivity contribution >= 4 is 16.8 Å². The van der Waals surface area contributed by atoms with Gasteiger partial charge in [0.05, 0.1) is 23.1 Å². The summed E-state index contributed by atoms with van der Waals surface area (Å²) in [5.41, 5.74) is 0.678. The van der Waals surface area contributed by atoms with Crippen LogP contribution in [0.15, 0.2) is 5.16 Å². The van der Waals surface area contributed by atoms with Gasteiger partial charge < -0.3 is 9.47 Å². The van der Waals surface area contributed by atoms with E-state index in [4.69, 9.17) is 9.47 Å². The molecule has 1 unspecified atom stereocenters. The second-order valence-corrected chi connectivity index (χ2v) is 6.95. The van der Waals surface area contributed by atoms with Crippen molar-refractivity contribution in [2.24, 2.45) is 0 Å². The second-order valence-electron chi connectivity index (χ2n) is 5.68. The normalized spacial score (nSPS) is 17.3. The summed E-state index contributed by atoms with van der Waals surface area (Å²) in [4.78, 5) is 20.6. The fourth-order valence-corrected chi connectivity index (χ4v) is 3.17. The molecule has 1 aliphatic carbocycles. The lowest BCUT2D eigenvalue weighted by Gasteiger charge is -2.19. The Morgan fingerprint density at radius 1 is 1.22 bits per heavy atom. The van der Waals surface area contributed by atoms with Crippen molar-refractivity contribution in [2.45, 2.75) is 63.6 Å². The van der Waals surface area contributed by atoms with Crippen LogP contribution >= 0.6 is 0 Å². The van der Waals surface area contributed by atoms with Gasteiger partial charge in [0.15, 0.2) is 0 Å². The Bertz CT molecular complexity index is 584. The van der Waals surface area contributed by atoms with Crippen LogP contribution < -0.4 is 4.74 Å². The fraction of sp³-hybridized carbons (Fsp3) is 0.688. The molecule has 1 atom stereocenters. The van der Waals surface area contributed by atoms with E-state index in [1.165, 1.54) is 19.1 Å². The van der Waals surface area contributed by atoms with Gasteiger partial charge in [-0.25, -0.2) is 9.78 Å². The quantitative estimate of drug-likeness (QED) is 0.466. The minimum Gasteiger partial charge on any atom is -0.474 e. The van der Waals surface area contributed by atoms with Crippen LogP contribution in [0.1, 0.15) is 61.5 Å². The number of aromatic nitrogens is 2.